The van der Waals surface area contributed by atoms with Gasteiger partial charge in [0.2, 0.25) is 11.8 Å². The molecular formula is C15H25N3O3. The third-order valence-corrected chi connectivity index (χ3v) is 5.04. The van der Waals surface area contributed by atoms with Crippen molar-refractivity contribution < 1.29 is 14.3 Å². The number of amides is 2. The lowest BCUT2D eigenvalue weighted by Crippen LogP contribution is -2.54. The van der Waals surface area contributed by atoms with E-state index >= 15 is 0 Å². The second-order valence-electron chi connectivity index (χ2n) is 6.31. The van der Waals surface area contributed by atoms with Crippen LogP contribution in [0.2, 0.25) is 0 Å². The molecule has 2 amide bonds. The van der Waals surface area contributed by atoms with Crippen LogP contribution in [0.5, 0.6) is 0 Å². The molecule has 3 rings (SSSR count). The van der Waals surface area contributed by atoms with Gasteiger partial charge in [-0.25, -0.2) is 0 Å². The first kappa shape index (κ1) is 14.8. The predicted octanol–water partition coefficient (Wildman–Crippen LogP) is -0.212. The molecule has 3 saturated heterocycles. The number of piperazine rings is 1. The number of nitrogens with zero attached hydrogens (tertiary/aromatic N) is 3. The quantitative estimate of drug-likeness (QED) is 0.707. The summed E-state index contributed by atoms with van der Waals surface area (Å²) in [6.07, 6.45) is 2.62. The molecular weight excluding hydrogens is 270 g/mol. The third-order valence-electron chi connectivity index (χ3n) is 5.04. The van der Waals surface area contributed by atoms with Crippen LogP contribution in [0.3, 0.4) is 0 Å². The van der Waals surface area contributed by atoms with E-state index in [1.807, 2.05) is 16.8 Å². The molecule has 0 aromatic heterocycles. The van der Waals surface area contributed by atoms with Crippen molar-refractivity contribution >= 4 is 11.8 Å². The molecule has 6 heteroatoms. The van der Waals surface area contributed by atoms with Gasteiger partial charge in [-0.1, -0.05) is 0 Å². The van der Waals surface area contributed by atoms with Crippen LogP contribution in [0.4, 0.5) is 0 Å². The monoisotopic (exact) mass is 295 g/mol. The minimum Gasteiger partial charge on any atom is -0.381 e. The van der Waals surface area contributed by atoms with Crippen LogP contribution in [0.15, 0.2) is 0 Å². The van der Waals surface area contributed by atoms with Gasteiger partial charge in [0.15, 0.2) is 0 Å². The molecule has 1 unspecified atom stereocenters. The van der Waals surface area contributed by atoms with Gasteiger partial charge in [0.05, 0.1) is 6.04 Å². The van der Waals surface area contributed by atoms with E-state index in [0.717, 1.165) is 52.0 Å². The van der Waals surface area contributed by atoms with E-state index in [2.05, 4.69) is 4.90 Å². The molecule has 0 radical (unpaired) electrons. The van der Waals surface area contributed by atoms with E-state index < -0.39 is 0 Å². The van der Waals surface area contributed by atoms with E-state index in [0.29, 0.717) is 13.2 Å². The maximum atomic E-state index is 12.5. The lowest BCUT2D eigenvalue weighted by atomic mass is 9.98. The van der Waals surface area contributed by atoms with Gasteiger partial charge in [0.1, 0.15) is 0 Å². The van der Waals surface area contributed by atoms with Crippen molar-refractivity contribution in [3.8, 4) is 0 Å². The molecule has 3 aliphatic heterocycles. The summed E-state index contributed by atoms with van der Waals surface area (Å²) in [4.78, 5) is 30.6. The van der Waals surface area contributed by atoms with Crippen molar-refractivity contribution in [3.63, 3.8) is 0 Å². The number of ether oxygens (including phenoxy) is 1. The Bertz CT molecular complexity index is 401. The molecule has 0 aromatic carbocycles. The van der Waals surface area contributed by atoms with Crippen LogP contribution in [-0.2, 0) is 14.3 Å². The van der Waals surface area contributed by atoms with E-state index in [-0.39, 0.29) is 23.8 Å². The van der Waals surface area contributed by atoms with Crippen molar-refractivity contribution in [2.75, 3.05) is 53.0 Å². The zero-order valence-electron chi connectivity index (χ0n) is 12.8. The zero-order valence-corrected chi connectivity index (χ0v) is 12.8. The molecule has 0 N–H and O–H groups in total. The number of hydrogen-bond acceptors (Lipinski definition) is 4. The first-order valence-electron chi connectivity index (χ1n) is 8.02. The second kappa shape index (κ2) is 6.32. The molecule has 3 aliphatic rings. The maximum Gasteiger partial charge on any atom is 0.239 e. The fourth-order valence-electron chi connectivity index (χ4n) is 3.60. The smallest absolute Gasteiger partial charge is 0.239 e. The van der Waals surface area contributed by atoms with Gasteiger partial charge in [0, 0.05) is 58.9 Å². The molecule has 118 valence electrons. The Kier molecular flexibility index (Phi) is 4.45. The third kappa shape index (κ3) is 3.06. The van der Waals surface area contributed by atoms with Crippen LogP contribution < -0.4 is 0 Å². The van der Waals surface area contributed by atoms with Gasteiger partial charge in [-0.05, 0) is 19.3 Å². The van der Waals surface area contributed by atoms with Crippen LogP contribution in [0, 0.1) is 5.92 Å². The number of hydrogen-bond donors (Lipinski definition) is 0. The first-order valence-corrected chi connectivity index (χ1v) is 8.02. The summed E-state index contributed by atoms with van der Waals surface area (Å²) in [6.45, 7) is 5.41. The molecule has 0 bridgehead atoms. The van der Waals surface area contributed by atoms with Crippen LogP contribution in [-0.4, -0.2) is 85.5 Å². The maximum absolute atomic E-state index is 12.5. The Morgan fingerprint density at radius 2 is 1.71 bits per heavy atom. The highest BCUT2D eigenvalue weighted by Gasteiger charge is 2.36. The minimum absolute atomic E-state index is 0.0373. The number of carbonyl (C=O) groups excluding carboxylic acids is 2. The fourth-order valence-corrected chi connectivity index (χ4v) is 3.60. The average Bonchev–Trinajstić information content (AvgIpc) is 2.87. The predicted molar refractivity (Wildman–Crippen MR) is 77.7 cm³/mol. The normalized spacial score (nSPS) is 29.2. The zero-order chi connectivity index (χ0) is 14.8. The summed E-state index contributed by atoms with van der Waals surface area (Å²) in [5, 5.41) is 0. The van der Waals surface area contributed by atoms with Crippen molar-refractivity contribution in [3.05, 3.63) is 0 Å². The standard InChI is InChI=1S/C15H25N3O3/c1-16-5-2-13(15(16)20)17-6-8-18(9-7-17)14(19)12-3-10-21-11-4-12/h12-13H,2-11H2,1H3. The summed E-state index contributed by atoms with van der Waals surface area (Å²) in [6, 6.07) is 0.0373. The molecule has 0 aliphatic carbocycles. The first-order chi connectivity index (χ1) is 10.2. The minimum atomic E-state index is 0.0373. The second-order valence-corrected chi connectivity index (χ2v) is 6.31. The summed E-state index contributed by atoms with van der Waals surface area (Å²) >= 11 is 0. The highest BCUT2D eigenvalue weighted by molar-refractivity contribution is 5.83. The van der Waals surface area contributed by atoms with Gasteiger partial charge in [-0.3, -0.25) is 14.5 Å². The fraction of sp³-hybridized carbons (Fsp3) is 0.867. The van der Waals surface area contributed by atoms with Crippen molar-refractivity contribution in [1.29, 1.82) is 0 Å². The van der Waals surface area contributed by atoms with E-state index in [1.165, 1.54) is 0 Å². The molecule has 3 fully saturated rings. The molecule has 0 aromatic rings. The van der Waals surface area contributed by atoms with Gasteiger partial charge in [-0.2, -0.15) is 0 Å². The molecule has 0 spiro atoms. The summed E-state index contributed by atoms with van der Waals surface area (Å²) in [7, 11) is 1.87. The van der Waals surface area contributed by atoms with Crippen LogP contribution >= 0.6 is 0 Å². The average molecular weight is 295 g/mol. The topological polar surface area (TPSA) is 53.1 Å². The Hall–Kier alpha value is -1.14. The van der Waals surface area contributed by atoms with Crippen LogP contribution in [0.1, 0.15) is 19.3 Å². The number of rotatable bonds is 2. The van der Waals surface area contributed by atoms with Crippen molar-refractivity contribution in [2.24, 2.45) is 5.92 Å². The van der Waals surface area contributed by atoms with Gasteiger partial charge in [-0.15, -0.1) is 0 Å². The largest absolute Gasteiger partial charge is 0.381 e. The van der Waals surface area contributed by atoms with Crippen LogP contribution in [0.25, 0.3) is 0 Å². The van der Waals surface area contributed by atoms with E-state index in [9.17, 15) is 9.59 Å². The number of carbonyl (C=O) groups is 2. The van der Waals surface area contributed by atoms with Crippen molar-refractivity contribution in [1.82, 2.24) is 14.7 Å². The SMILES string of the molecule is CN1CCC(N2CCN(C(=O)C3CCOCC3)CC2)C1=O. The van der Waals surface area contributed by atoms with Gasteiger partial charge < -0.3 is 14.5 Å². The molecule has 6 nitrogen and oxygen atoms in total. The molecule has 21 heavy (non-hydrogen) atoms. The lowest BCUT2D eigenvalue weighted by Gasteiger charge is -2.39. The highest BCUT2D eigenvalue weighted by atomic mass is 16.5. The lowest BCUT2D eigenvalue weighted by molar-refractivity contribution is -0.141. The van der Waals surface area contributed by atoms with Crippen molar-refractivity contribution in [2.45, 2.75) is 25.3 Å². The summed E-state index contributed by atoms with van der Waals surface area (Å²) in [5.41, 5.74) is 0. The Balaban J connectivity index is 1.50. The van der Waals surface area contributed by atoms with E-state index in [4.69, 9.17) is 4.74 Å². The number of likely N-dealkylation sites (tertiary alicyclic amines) is 1. The summed E-state index contributed by atoms with van der Waals surface area (Å²) in [5.74, 6) is 0.663. The van der Waals surface area contributed by atoms with E-state index in [1.54, 1.807) is 0 Å². The molecule has 1 atom stereocenters. The number of likely N-dealkylation sites (N-methyl/N-ethyl adjacent to an activating group) is 1. The Morgan fingerprint density at radius 1 is 1.05 bits per heavy atom. The highest BCUT2D eigenvalue weighted by Crippen LogP contribution is 2.21. The Morgan fingerprint density at radius 3 is 2.29 bits per heavy atom. The van der Waals surface area contributed by atoms with Gasteiger partial charge in [0.25, 0.3) is 0 Å². The summed E-state index contributed by atoms with van der Waals surface area (Å²) < 4.78 is 5.32. The van der Waals surface area contributed by atoms with Gasteiger partial charge >= 0.3 is 0 Å². The molecule has 3 heterocycles. The Labute approximate surface area is 126 Å². The molecule has 0 saturated carbocycles.